The minimum atomic E-state index is 0.363. The normalized spacial score (nSPS) is 17.1. The second kappa shape index (κ2) is 3.33. The molecule has 74 valence electrons. The summed E-state index contributed by atoms with van der Waals surface area (Å²) in [5.74, 6) is 0.363. The number of fused-ring (bicyclic) bond motifs is 1. The summed E-state index contributed by atoms with van der Waals surface area (Å²) in [6.07, 6.45) is 1.83. The van der Waals surface area contributed by atoms with Crippen LogP contribution in [0.25, 0.3) is 0 Å². The fraction of sp³-hybridized carbons (Fsp3) is 0.364. The molecule has 1 aromatic carbocycles. The van der Waals surface area contributed by atoms with Crippen molar-refractivity contribution in [3.63, 3.8) is 0 Å². The molecule has 0 bridgehead atoms. The zero-order chi connectivity index (χ0) is 10.1. The van der Waals surface area contributed by atoms with E-state index in [9.17, 15) is 5.11 Å². The summed E-state index contributed by atoms with van der Waals surface area (Å²) in [5.41, 5.74) is 4.13. The number of rotatable bonds is 1. The largest absolute Gasteiger partial charge is 0.508 e. The van der Waals surface area contributed by atoms with Crippen LogP contribution in [0.4, 0.5) is 0 Å². The molecule has 0 heterocycles. The molecule has 1 aliphatic carbocycles. The van der Waals surface area contributed by atoms with Gasteiger partial charge in [-0.05, 0) is 43.0 Å². The molecular formula is C11H13NO2. The van der Waals surface area contributed by atoms with Gasteiger partial charge in [0.2, 0.25) is 0 Å². The van der Waals surface area contributed by atoms with Crippen molar-refractivity contribution in [3.8, 4) is 5.75 Å². The molecule has 0 atom stereocenters. The molecule has 1 N–H and O–H groups in total. The number of phenols is 1. The monoisotopic (exact) mass is 191 g/mol. The van der Waals surface area contributed by atoms with Crippen LogP contribution in [0.15, 0.2) is 17.3 Å². The van der Waals surface area contributed by atoms with Gasteiger partial charge >= 0.3 is 0 Å². The van der Waals surface area contributed by atoms with Crippen LogP contribution in [0.1, 0.15) is 23.1 Å². The quantitative estimate of drug-likeness (QED) is 0.690. The minimum absolute atomic E-state index is 0.363. The molecule has 1 aliphatic rings. The lowest BCUT2D eigenvalue weighted by Gasteiger charge is -2.03. The predicted molar refractivity (Wildman–Crippen MR) is 54.7 cm³/mol. The Bertz CT molecular complexity index is 397. The van der Waals surface area contributed by atoms with E-state index in [2.05, 4.69) is 5.16 Å². The molecule has 0 aliphatic heterocycles. The van der Waals surface area contributed by atoms with Crippen molar-refractivity contribution in [3.05, 3.63) is 28.8 Å². The smallest absolute Gasteiger partial charge is 0.118 e. The lowest BCUT2D eigenvalue weighted by atomic mass is 10.1. The Labute approximate surface area is 83.0 Å². The summed E-state index contributed by atoms with van der Waals surface area (Å²) in [4.78, 5) is 4.78. The van der Waals surface area contributed by atoms with Crippen molar-refractivity contribution < 1.29 is 9.94 Å². The van der Waals surface area contributed by atoms with E-state index in [1.165, 1.54) is 0 Å². The van der Waals surface area contributed by atoms with Gasteiger partial charge in [0.25, 0.3) is 0 Å². The molecule has 0 spiro atoms. The first-order valence-corrected chi connectivity index (χ1v) is 4.65. The van der Waals surface area contributed by atoms with Gasteiger partial charge in [-0.15, -0.1) is 0 Å². The third-order valence-electron chi connectivity index (χ3n) is 2.57. The van der Waals surface area contributed by atoms with E-state index in [1.54, 1.807) is 7.11 Å². The molecule has 0 fully saturated rings. The van der Waals surface area contributed by atoms with Crippen LogP contribution in [0.3, 0.4) is 0 Å². The number of oxime groups is 1. The fourth-order valence-electron chi connectivity index (χ4n) is 1.81. The summed E-state index contributed by atoms with van der Waals surface area (Å²) < 4.78 is 0. The van der Waals surface area contributed by atoms with Crippen molar-refractivity contribution >= 4 is 5.71 Å². The van der Waals surface area contributed by atoms with E-state index in [0.717, 1.165) is 35.2 Å². The van der Waals surface area contributed by atoms with Gasteiger partial charge in [-0.3, -0.25) is 0 Å². The number of benzene rings is 1. The van der Waals surface area contributed by atoms with Gasteiger partial charge in [0.05, 0.1) is 5.71 Å². The highest BCUT2D eigenvalue weighted by Gasteiger charge is 2.19. The third kappa shape index (κ3) is 1.35. The van der Waals surface area contributed by atoms with E-state index in [1.807, 2.05) is 19.1 Å². The lowest BCUT2D eigenvalue weighted by molar-refractivity contribution is 0.213. The van der Waals surface area contributed by atoms with Crippen molar-refractivity contribution in [2.75, 3.05) is 7.11 Å². The highest BCUT2D eigenvalue weighted by Crippen LogP contribution is 2.29. The average molecular weight is 191 g/mol. The first-order valence-electron chi connectivity index (χ1n) is 4.65. The summed E-state index contributed by atoms with van der Waals surface area (Å²) in [7, 11) is 1.55. The van der Waals surface area contributed by atoms with Crippen LogP contribution in [-0.2, 0) is 11.3 Å². The summed E-state index contributed by atoms with van der Waals surface area (Å²) in [5, 5.41) is 13.5. The van der Waals surface area contributed by atoms with Crippen molar-refractivity contribution in [2.45, 2.75) is 19.8 Å². The number of aromatic hydroxyl groups is 1. The van der Waals surface area contributed by atoms with Gasteiger partial charge < -0.3 is 9.94 Å². The maximum absolute atomic E-state index is 9.53. The standard InChI is InChI=1S/C11H13NO2/c1-7-5-9-8(6-11(7)13)3-4-10(9)12-14-2/h5-6,13H,3-4H2,1-2H3. The van der Waals surface area contributed by atoms with E-state index in [0.29, 0.717) is 5.75 Å². The Kier molecular flexibility index (Phi) is 2.15. The van der Waals surface area contributed by atoms with Crippen LogP contribution in [-0.4, -0.2) is 17.9 Å². The molecule has 1 aromatic rings. The molecule has 0 unspecified atom stereocenters. The van der Waals surface area contributed by atoms with E-state index >= 15 is 0 Å². The van der Waals surface area contributed by atoms with Gasteiger partial charge in [-0.2, -0.15) is 0 Å². The molecule has 2 rings (SSSR count). The zero-order valence-corrected chi connectivity index (χ0v) is 8.37. The maximum Gasteiger partial charge on any atom is 0.118 e. The van der Waals surface area contributed by atoms with Crippen molar-refractivity contribution in [1.29, 1.82) is 0 Å². The van der Waals surface area contributed by atoms with Crippen LogP contribution >= 0.6 is 0 Å². The Morgan fingerprint density at radius 2 is 2.14 bits per heavy atom. The summed E-state index contributed by atoms with van der Waals surface area (Å²) >= 11 is 0. The number of phenolic OH excluding ortho intramolecular Hbond substituents is 1. The van der Waals surface area contributed by atoms with E-state index < -0.39 is 0 Å². The Hall–Kier alpha value is -1.51. The van der Waals surface area contributed by atoms with E-state index in [-0.39, 0.29) is 0 Å². The topological polar surface area (TPSA) is 41.8 Å². The fourth-order valence-corrected chi connectivity index (χ4v) is 1.81. The average Bonchev–Trinajstić information content (AvgIpc) is 2.51. The number of hydrogen-bond donors (Lipinski definition) is 1. The molecule has 0 saturated carbocycles. The van der Waals surface area contributed by atoms with Gasteiger partial charge in [0.15, 0.2) is 0 Å². The molecule has 3 nitrogen and oxygen atoms in total. The van der Waals surface area contributed by atoms with Crippen LogP contribution in [0, 0.1) is 6.92 Å². The number of nitrogens with zero attached hydrogens (tertiary/aromatic N) is 1. The predicted octanol–water partition coefficient (Wildman–Crippen LogP) is 2.00. The first-order chi connectivity index (χ1) is 6.72. The molecular weight excluding hydrogens is 178 g/mol. The van der Waals surface area contributed by atoms with E-state index in [4.69, 9.17) is 4.84 Å². The molecule has 0 radical (unpaired) electrons. The number of hydrogen-bond acceptors (Lipinski definition) is 3. The summed E-state index contributed by atoms with van der Waals surface area (Å²) in [6.45, 7) is 1.89. The van der Waals surface area contributed by atoms with Gasteiger partial charge in [-0.25, -0.2) is 0 Å². The number of aryl methyl sites for hydroxylation is 2. The zero-order valence-electron chi connectivity index (χ0n) is 8.37. The Morgan fingerprint density at radius 3 is 2.86 bits per heavy atom. The van der Waals surface area contributed by atoms with Crippen LogP contribution in [0.5, 0.6) is 5.75 Å². The first kappa shape index (κ1) is 9.06. The summed E-state index contributed by atoms with van der Waals surface area (Å²) in [6, 6.07) is 3.79. The highest BCUT2D eigenvalue weighted by molar-refractivity contribution is 6.04. The Morgan fingerprint density at radius 1 is 1.36 bits per heavy atom. The maximum atomic E-state index is 9.53. The SMILES string of the molecule is CON=C1CCc2cc(O)c(C)cc21. The second-order valence-corrected chi connectivity index (χ2v) is 3.52. The minimum Gasteiger partial charge on any atom is -0.508 e. The van der Waals surface area contributed by atoms with Crippen LogP contribution in [0.2, 0.25) is 0 Å². The highest BCUT2D eigenvalue weighted by atomic mass is 16.6. The molecule has 14 heavy (non-hydrogen) atoms. The Balaban J connectivity index is 2.50. The second-order valence-electron chi connectivity index (χ2n) is 3.52. The molecule has 0 saturated heterocycles. The van der Waals surface area contributed by atoms with Gasteiger partial charge in [-0.1, -0.05) is 5.16 Å². The third-order valence-corrected chi connectivity index (χ3v) is 2.57. The molecule has 0 amide bonds. The van der Waals surface area contributed by atoms with Gasteiger partial charge in [0, 0.05) is 5.56 Å². The van der Waals surface area contributed by atoms with Crippen molar-refractivity contribution in [2.24, 2.45) is 5.16 Å². The van der Waals surface area contributed by atoms with Gasteiger partial charge in [0.1, 0.15) is 12.9 Å². The molecule has 3 heteroatoms. The van der Waals surface area contributed by atoms with Crippen molar-refractivity contribution in [1.82, 2.24) is 0 Å². The molecule has 0 aromatic heterocycles. The van der Waals surface area contributed by atoms with Crippen LogP contribution < -0.4 is 0 Å². The lowest BCUT2D eigenvalue weighted by Crippen LogP contribution is -1.95.